The van der Waals surface area contributed by atoms with Gasteiger partial charge in [-0.2, -0.15) is 0 Å². The van der Waals surface area contributed by atoms with Gasteiger partial charge >= 0.3 is 12.0 Å². The van der Waals surface area contributed by atoms with Crippen LogP contribution in [0.25, 0.3) is 0 Å². The van der Waals surface area contributed by atoms with Crippen molar-refractivity contribution in [2.45, 2.75) is 39.0 Å². The molecule has 3 atom stereocenters. The highest BCUT2D eigenvalue weighted by Crippen LogP contribution is 2.48. The van der Waals surface area contributed by atoms with Gasteiger partial charge in [-0.05, 0) is 43.9 Å². The van der Waals surface area contributed by atoms with Gasteiger partial charge in [0, 0.05) is 26.7 Å². The Labute approximate surface area is 120 Å². The van der Waals surface area contributed by atoms with E-state index < -0.39 is 5.97 Å². The number of urea groups is 1. The van der Waals surface area contributed by atoms with Crippen LogP contribution in [-0.4, -0.2) is 53.6 Å². The lowest BCUT2D eigenvalue weighted by molar-refractivity contribution is -0.137. The fourth-order valence-corrected chi connectivity index (χ4v) is 3.89. The second-order valence-corrected chi connectivity index (χ2v) is 6.32. The lowest BCUT2D eigenvalue weighted by Crippen LogP contribution is -2.44. The second kappa shape index (κ2) is 6.46. The van der Waals surface area contributed by atoms with E-state index in [1.807, 2.05) is 14.0 Å². The number of carboxylic acids is 1. The molecular weight excluding hydrogens is 256 g/mol. The quantitative estimate of drug-likeness (QED) is 0.813. The maximum atomic E-state index is 12.3. The van der Waals surface area contributed by atoms with Gasteiger partial charge in [0.1, 0.15) is 0 Å². The minimum absolute atomic E-state index is 0.0154. The van der Waals surface area contributed by atoms with E-state index in [2.05, 4.69) is 0 Å². The summed E-state index contributed by atoms with van der Waals surface area (Å²) >= 11 is 0. The maximum absolute atomic E-state index is 12.3. The summed E-state index contributed by atoms with van der Waals surface area (Å²) in [6.07, 6.45) is 5.33. The first kappa shape index (κ1) is 15.1. The molecule has 2 rings (SSSR count). The number of hydrogen-bond donors (Lipinski definition) is 1. The average molecular weight is 282 g/mol. The zero-order valence-electron chi connectivity index (χ0n) is 12.5. The molecule has 5 heteroatoms. The van der Waals surface area contributed by atoms with Gasteiger partial charge in [-0.25, -0.2) is 4.79 Å². The van der Waals surface area contributed by atoms with E-state index >= 15 is 0 Å². The highest BCUT2D eigenvalue weighted by Gasteiger charge is 2.40. The van der Waals surface area contributed by atoms with Crippen LogP contribution in [-0.2, 0) is 4.79 Å². The van der Waals surface area contributed by atoms with Crippen LogP contribution in [0.1, 0.15) is 39.0 Å². The van der Waals surface area contributed by atoms with E-state index in [1.165, 1.54) is 25.7 Å². The van der Waals surface area contributed by atoms with Crippen molar-refractivity contribution in [1.82, 2.24) is 9.80 Å². The molecule has 3 unspecified atom stereocenters. The van der Waals surface area contributed by atoms with Gasteiger partial charge in [0.15, 0.2) is 0 Å². The molecule has 0 aliphatic heterocycles. The van der Waals surface area contributed by atoms with Crippen molar-refractivity contribution in [3.63, 3.8) is 0 Å². The van der Waals surface area contributed by atoms with E-state index in [0.29, 0.717) is 19.0 Å². The fraction of sp³-hybridized carbons (Fsp3) is 0.867. The van der Waals surface area contributed by atoms with E-state index in [4.69, 9.17) is 5.11 Å². The molecule has 2 aliphatic rings. The highest BCUT2D eigenvalue weighted by atomic mass is 16.4. The number of rotatable bonds is 6. The SMILES string of the molecule is CCN(CCC(=O)O)C(=O)N(C)CC1CC2CCC1C2. The smallest absolute Gasteiger partial charge is 0.319 e. The van der Waals surface area contributed by atoms with Gasteiger partial charge in [-0.15, -0.1) is 0 Å². The topological polar surface area (TPSA) is 60.9 Å². The first-order valence-electron chi connectivity index (χ1n) is 7.73. The van der Waals surface area contributed by atoms with Crippen LogP contribution in [0, 0.1) is 17.8 Å². The van der Waals surface area contributed by atoms with Crippen molar-refractivity contribution in [2.75, 3.05) is 26.7 Å². The molecule has 114 valence electrons. The molecule has 2 amide bonds. The maximum Gasteiger partial charge on any atom is 0.319 e. The summed E-state index contributed by atoms with van der Waals surface area (Å²) in [6.45, 7) is 3.58. The number of fused-ring (bicyclic) bond motifs is 2. The Morgan fingerprint density at radius 3 is 2.50 bits per heavy atom. The number of carbonyl (C=O) groups excluding carboxylic acids is 1. The van der Waals surface area contributed by atoms with Crippen LogP contribution in [0.3, 0.4) is 0 Å². The number of aliphatic carboxylic acids is 1. The molecule has 0 aromatic heterocycles. The molecule has 20 heavy (non-hydrogen) atoms. The van der Waals surface area contributed by atoms with Crippen LogP contribution in [0.4, 0.5) is 4.79 Å². The molecule has 0 aromatic rings. The summed E-state index contributed by atoms with van der Waals surface area (Å²) in [6, 6.07) is -0.0310. The van der Waals surface area contributed by atoms with Crippen LogP contribution < -0.4 is 0 Å². The number of amides is 2. The molecule has 2 saturated carbocycles. The molecule has 0 saturated heterocycles. The Morgan fingerprint density at radius 2 is 2.00 bits per heavy atom. The highest BCUT2D eigenvalue weighted by molar-refractivity contribution is 5.75. The van der Waals surface area contributed by atoms with Crippen molar-refractivity contribution in [3.05, 3.63) is 0 Å². The molecular formula is C15H26N2O3. The number of hydrogen-bond acceptors (Lipinski definition) is 2. The zero-order chi connectivity index (χ0) is 14.7. The summed E-state index contributed by atoms with van der Waals surface area (Å²) in [4.78, 5) is 26.4. The molecule has 1 N–H and O–H groups in total. The number of nitrogens with zero attached hydrogens (tertiary/aromatic N) is 2. The fourth-order valence-electron chi connectivity index (χ4n) is 3.89. The Balaban J connectivity index is 1.82. The molecule has 0 radical (unpaired) electrons. The van der Waals surface area contributed by atoms with Crippen molar-refractivity contribution in [1.29, 1.82) is 0 Å². The van der Waals surface area contributed by atoms with Crippen molar-refractivity contribution in [2.24, 2.45) is 17.8 Å². The first-order chi connectivity index (χ1) is 9.51. The molecule has 0 aromatic carbocycles. The summed E-state index contributed by atoms with van der Waals surface area (Å²) < 4.78 is 0. The minimum atomic E-state index is -0.855. The van der Waals surface area contributed by atoms with Crippen molar-refractivity contribution in [3.8, 4) is 0 Å². The summed E-state index contributed by atoms with van der Waals surface area (Å²) in [5.41, 5.74) is 0. The second-order valence-electron chi connectivity index (χ2n) is 6.32. The van der Waals surface area contributed by atoms with Gasteiger partial charge in [0.2, 0.25) is 0 Å². The lowest BCUT2D eigenvalue weighted by Gasteiger charge is -2.31. The molecule has 2 fully saturated rings. The van der Waals surface area contributed by atoms with E-state index in [0.717, 1.165) is 18.4 Å². The van der Waals surface area contributed by atoms with Crippen LogP contribution >= 0.6 is 0 Å². The molecule has 0 heterocycles. The standard InChI is InChI=1S/C15H26N2O3/c1-3-17(7-6-14(18)19)15(20)16(2)10-13-9-11-4-5-12(13)8-11/h11-13H,3-10H2,1-2H3,(H,18,19). The van der Waals surface area contributed by atoms with Crippen LogP contribution in [0.5, 0.6) is 0 Å². The Hall–Kier alpha value is -1.26. The van der Waals surface area contributed by atoms with Gasteiger partial charge in [-0.1, -0.05) is 6.42 Å². The molecule has 2 bridgehead atoms. The largest absolute Gasteiger partial charge is 0.481 e. The predicted molar refractivity (Wildman–Crippen MR) is 76.5 cm³/mol. The number of carboxylic acid groups (broad SMARTS) is 1. The lowest BCUT2D eigenvalue weighted by atomic mass is 9.88. The Morgan fingerprint density at radius 1 is 1.25 bits per heavy atom. The summed E-state index contributed by atoms with van der Waals surface area (Å²) in [5.74, 6) is 1.50. The third-order valence-corrected chi connectivity index (χ3v) is 4.97. The van der Waals surface area contributed by atoms with E-state index in [1.54, 1.807) is 9.80 Å². The van der Waals surface area contributed by atoms with E-state index in [9.17, 15) is 9.59 Å². The van der Waals surface area contributed by atoms with Crippen molar-refractivity contribution >= 4 is 12.0 Å². The monoisotopic (exact) mass is 282 g/mol. The summed E-state index contributed by atoms with van der Waals surface area (Å²) in [7, 11) is 1.84. The Kier molecular flexibility index (Phi) is 4.89. The zero-order valence-corrected chi connectivity index (χ0v) is 12.5. The molecule has 0 spiro atoms. The minimum Gasteiger partial charge on any atom is -0.481 e. The van der Waals surface area contributed by atoms with E-state index in [-0.39, 0.29) is 12.5 Å². The van der Waals surface area contributed by atoms with Gasteiger partial charge in [-0.3, -0.25) is 4.79 Å². The Bertz CT molecular complexity index is 372. The van der Waals surface area contributed by atoms with Crippen LogP contribution in [0.2, 0.25) is 0 Å². The van der Waals surface area contributed by atoms with Gasteiger partial charge in [0.05, 0.1) is 6.42 Å². The molecule has 2 aliphatic carbocycles. The van der Waals surface area contributed by atoms with Crippen molar-refractivity contribution < 1.29 is 14.7 Å². The third-order valence-electron chi connectivity index (χ3n) is 4.97. The normalized spacial score (nSPS) is 27.6. The predicted octanol–water partition coefficient (Wildman–Crippen LogP) is 2.27. The molecule has 5 nitrogen and oxygen atoms in total. The van der Waals surface area contributed by atoms with Gasteiger partial charge < -0.3 is 14.9 Å². The van der Waals surface area contributed by atoms with Gasteiger partial charge in [0.25, 0.3) is 0 Å². The average Bonchev–Trinajstić information content (AvgIpc) is 3.01. The summed E-state index contributed by atoms with van der Waals surface area (Å²) in [5, 5.41) is 8.73. The van der Waals surface area contributed by atoms with Crippen LogP contribution in [0.15, 0.2) is 0 Å². The first-order valence-corrected chi connectivity index (χ1v) is 7.73. The number of carbonyl (C=O) groups is 2. The third kappa shape index (κ3) is 3.44.